The molecule has 0 aliphatic heterocycles. The molecular formula is C15H16BrNO2S2. The molecule has 1 N–H and O–H groups in total. The van der Waals surface area contributed by atoms with Gasteiger partial charge in [0.1, 0.15) is 0 Å². The summed E-state index contributed by atoms with van der Waals surface area (Å²) in [6, 6.07) is 7.39. The topological polar surface area (TPSA) is 46.2 Å². The fraction of sp³-hybridized carbons (Fsp3) is 0.333. The van der Waals surface area contributed by atoms with Crippen LogP contribution in [0.1, 0.15) is 27.3 Å². The fourth-order valence-electron chi connectivity index (χ4n) is 2.55. The number of sulfonamides is 1. The Bertz CT molecular complexity index is 759. The highest BCUT2D eigenvalue weighted by molar-refractivity contribution is 9.10. The summed E-state index contributed by atoms with van der Waals surface area (Å²) in [5.74, 6) is 0. The van der Waals surface area contributed by atoms with Crippen molar-refractivity contribution in [3.8, 4) is 0 Å². The zero-order valence-corrected chi connectivity index (χ0v) is 14.9. The minimum absolute atomic E-state index is 0.289. The van der Waals surface area contributed by atoms with E-state index in [0.717, 1.165) is 23.3 Å². The molecule has 1 aliphatic rings. The lowest BCUT2D eigenvalue weighted by molar-refractivity contribution is 0.581. The van der Waals surface area contributed by atoms with Crippen LogP contribution in [0, 0.1) is 6.92 Å². The number of thiophene rings is 1. The van der Waals surface area contributed by atoms with E-state index >= 15 is 0 Å². The third kappa shape index (κ3) is 3.23. The van der Waals surface area contributed by atoms with Crippen LogP contribution in [0.15, 0.2) is 33.6 Å². The van der Waals surface area contributed by atoms with Crippen molar-refractivity contribution in [3.63, 3.8) is 0 Å². The minimum atomic E-state index is -3.49. The summed E-state index contributed by atoms with van der Waals surface area (Å²) < 4.78 is 28.0. The molecule has 0 radical (unpaired) electrons. The summed E-state index contributed by atoms with van der Waals surface area (Å²) in [6.07, 6.45) is 3.49. The Labute approximate surface area is 137 Å². The van der Waals surface area contributed by atoms with Gasteiger partial charge in [-0.3, -0.25) is 0 Å². The van der Waals surface area contributed by atoms with Crippen molar-refractivity contribution in [1.82, 2.24) is 4.72 Å². The van der Waals surface area contributed by atoms with Crippen molar-refractivity contribution in [2.45, 2.75) is 37.6 Å². The maximum absolute atomic E-state index is 12.4. The second-order valence-electron chi connectivity index (χ2n) is 5.27. The van der Waals surface area contributed by atoms with Crippen molar-refractivity contribution >= 4 is 37.3 Å². The molecule has 0 saturated heterocycles. The van der Waals surface area contributed by atoms with E-state index < -0.39 is 10.0 Å². The van der Waals surface area contributed by atoms with Gasteiger partial charge < -0.3 is 0 Å². The first-order chi connectivity index (χ1) is 9.95. The molecular weight excluding hydrogens is 370 g/mol. The summed E-state index contributed by atoms with van der Waals surface area (Å²) in [7, 11) is -3.49. The van der Waals surface area contributed by atoms with Crippen LogP contribution in [0.2, 0.25) is 0 Å². The Balaban J connectivity index is 1.76. The molecule has 1 aliphatic carbocycles. The van der Waals surface area contributed by atoms with Crippen LogP contribution in [0.3, 0.4) is 0 Å². The Morgan fingerprint density at radius 3 is 2.81 bits per heavy atom. The molecule has 1 aromatic carbocycles. The number of benzene rings is 1. The summed E-state index contributed by atoms with van der Waals surface area (Å²) in [5, 5.41) is 0. The number of hydrogen-bond acceptors (Lipinski definition) is 3. The molecule has 21 heavy (non-hydrogen) atoms. The normalized spacial score (nSPS) is 14.4. The van der Waals surface area contributed by atoms with Gasteiger partial charge in [-0.15, -0.1) is 11.3 Å². The van der Waals surface area contributed by atoms with Gasteiger partial charge >= 0.3 is 0 Å². The molecule has 0 spiro atoms. The Morgan fingerprint density at radius 2 is 2.10 bits per heavy atom. The lowest BCUT2D eigenvalue weighted by Gasteiger charge is -2.08. The van der Waals surface area contributed by atoms with E-state index in [1.165, 1.54) is 16.9 Å². The predicted octanol–water partition coefficient (Wildman–Crippen LogP) is 3.79. The van der Waals surface area contributed by atoms with Gasteiger partial charge in [-0.2, -0.15) is 0 Å². The van der Waals surface area contributed by atoms with Gasteiger partial charge in [0, 0.05) is 20.8 Å². The van der Waals surface area contributed by atoms with E-state index in [0.29, 0.717) is 11.0 Å². The lowest BCUT2D eigenvalue weighted by atomic mass is 10.2. The maximum atomic E-state index is 12.4. The average molecular weight is 386 g/mol. The molecule has 1 aromatic heterocycles. The zero-order valence-electron chi connectivity index (χ0n) is 11.6. The zero-order chi connectivity index (χ0) is 15.0. The van der Waals surface area contributed by atoms with Crippen LogP contribution in [-0.4, -0.2) is 8.42 Å². The molecule has 0 atom stereocenters. The average Bonchev–Trinajstić information content (AvgIpc) is 2.96. The Hall–Kier alpha value is -0.690. The van der Waals surface area contributed by atoms with E-state index in [2.05, 4.69) is 26.7 Å². The standard InChI is InChI=1S/C15H16BrNO2S2/c1-10-5-6-15(13(16)7-10)21(18,19)17-9-12-8-11-3-2-4-14(11)20-12/h5-8,17H,2-4,9H2,1H3. The molecule has 2 aromatic rings. The largest absolute Gasteiger partial charge is 0.242 e. The highest BCUT2D eigenvalue weighted by Crippen LogP contribution is 2.31. The van der Waals surface area contributed by atoms with Crippen molar-refractivity contribution in [2.24, 2.45) is 0 Å². The molecule has 112 valence electrons. The van der Waals surface area contributed by atoms with E-state index in [1.807, 2.05) is 13.0 Å². The van der Waals surface area contributed by atoms with Gasteiger partial charge in [0.15, 0.2) is 0 Å². The van der Waals surface area contributed by atoms with Crippen molar-refractivity contribution in [1.29, 1.82) is 0 Å². The van der Waals surface area contributed by atoms with Crippen molar-refractivity contribution in [3.05, 3.63) is 49.6 Å². The minimum Gasteiger partial charge on any atom is -0.207 e. The predicted molar refractivity (Wildman–Crippen MR) is 89.2 cm³/mol. The van der Waals surface area contributed by atoms with E-state index in [4.69, 9.17) is 0 Å². The summed E-state index contributed by atoms with van der Waals surface area (Å²) in [5.41, 5.74) is 2.42. The van der Waals surface area contributed by atoms with E-state index in [-0.39, 0.29) is 4.90 Å². The molecule has 0 saturated carbocycles. The van der Waals surface area contributed by atoms with Crippen molar-refractivity contribution < 1.29 is 8.42 Å². The number of hydrogen-bond donors (Lipinski definition) is 1. The first kappa shape index (κ1) is 15.2. The van der Waals surface area contributed by atoms with Gasteiger partial charge in [0.2, 0.25) is 10.0 Å². The first-order valence-corrected chi connectivity index (χ1v) is 9.91. The second kappa shape index (κ2) is 5.83. The summed E-state index contributed by atoms with van der Waals surface area (Å²) in [6.45, 7) is 2.29. The number of aryl methyl sites for hydroxylation is 3. The Kier molecular flexibility index (Phi) is 4.23. The molecule has 0 bridgehead atoms. The molecule has 3 rings (SSSR count). The molecule has 3 nitrogen and oxygen atoms in total. The Morgan fingerprint density at radius 1 is 1.29 bits per heavy atom. The highest BCUT2D eigenvalue weighted by atomic mass is 79.9. The molecule has 0 fully saturated rings. The van der Waals surface area contributed by atoms with Crippen LogP contribution in [0.5, 0.6) is 0 Å². The smallest absolute Gasteiger partial charge is 0.207 e. The number of halogens is 1. The number of fused-ring (bicyclic) bond motifs is 1. The lowest BCUT2D eigenvalue weighted by Crippen LogP contribution is -2.23. The van der Waals surface area contributed by atoms with Gasteiger partial charge in [-0.25, -0.2) is 13.1 Å². The van der Waals surface area contributed by atoms with Gasteiger partial charge in [0.25, 0.3) is 0 Å². The fourth-order valence-corrected chi connectivity index (χ4v) is 6.03. The van der Waals surface area contributed by atoms with Crippen LogP contribution in [-0.2, 0) is 29.4 Å². The van der Waals surface area contributed by atoms with Gasteiger partial charge in [-0.1, -0.05) is 6.07 Å². The molecule has 0 unspecified atom stereocenters. The molecule has 1 heterocycles. The van der Waals surface area contributed by atoms with Crippen LogP contribution < -0.4 is 4.72 Å². The maximum Gasteiger partial charge on any atom is 0.242 e. The van der Waals surface area contributed by atoms with Crippen LogP contribution >= 0.6 is 27.3 Å². The molecule has 6 heteroatoms. The molecule has 0 amide bonds. The van der Waals surface area contributed by atoms with Crippen molar-refractivity contribution in [2.75, 3.05) is 0 Å². The van der Waals surface area contributed by atoms with Crippen LogP contribution in [0.4, 0.5) is 0 Å². The summed E-state index contributed by atoms with van der Waals surface area (Å²) >= 11 is 5.05. The number of nitrogens with one attached hydrogen (secondary N) is 1. The number of rotatable bonds is 4. The monoisotopic (exact) mass is 385 g/mol. The van der Waals surface area contributed by atoms with E-state index in [1.54, 1.807) is 23.5 Å². The quantitative estimate of drug-likeness (QED) is 0.869. The van der Waals surface area contributed by atoms with Gasteiger partial charge in [0.05, 0.1) is 4.90 Å². The van der Waals surface area contributed by atoms with E-state index in [9.17, 15) is 8.42 Å². The third-order valence-corrected chi connectivity index (χ3v) is 7.23. The highest BCUT2D eigenvalue weighted by Gasteiger charge is 2.19. The van der Waals surface area contributed by atoms with Gasteiger partial charge in [-0.05, 0) is 71.4 Å². The second-order valence-corrected chi connectivity index (χ2v) is 9.08. The first-order valence-electron chi connectivity index (χ1n) is 6.82. The van der Waals surface area contributed by atoms with Crippen LogP contribution in [0.25, 0.3) is 0 Å². The summed E-state index contributed by atoms with van der Waals surface area (Å²) in [4.78, 5) is 2.80. The third-order valence-electron chi connectivity index (χ3n) is 3.61. The SMILES string of the molecule is Cc1ccc(S(=O)(=O)NCc2cc3c(s2)CCC3)c(Br)c1.